The molecule has 0 atom stereocenters. The summed E-state index contributed by atoms with van der Waals surface area (Å²) in [7, 11) is 0. The van der Waals surface area contributed by atoms with Crippen LogP contribution in [0.25, 0.3) is 5.69 Å². The van der Waals surface area contributed by atoms with Gasteiger partial charge in [0.25, 0.3) is 0 Å². The number of ether oxygens (including phenoxy) is 1. The number of hydrogen-bond donors (Lipinski definition) is 0. The minimum atomic E-state index is -0.529. The normalized spacial score (nSPS) is 11.3. The van der Waals surface area contributed by atoms with Gasteiger partial charge in [0.2, 0.25) is 0 Å². The lowest BCUT2D eigenvalue weighted by molar-refractivity contribution is -0.129. The summed E-state index contributed by atoms with van der Waals surface area (Å²) in [5, 5.41) is 4.41. The molecule has 5 nitrogen and oxygen atoms in total. The molecule has 0 radical (unpaired) electrons. The molecule has 0 saturated carbocycles. The Labute approximate surface area is 136 Å². The summed E-state index contributed by atoms with van der Waals surface area (Å²) in [6.45, 7) is 8.74. The third-order valence-electron chi connectivity index (χ3n) is 3.67. The van der Waals surface area contributed by atoms with Crippen LogP contribution in [0.3, 0.4) is 0 Å². The van der Waals surface area contributed by atoms with Crippen molar-refractivity contribution in [3.05, 3.63) is 47.3 Å². The Morgan fingerprint density at radius 1 is 1.13 bits per heavy atom. The van der Waals surface area contributed by atoms with Gasteiger partial charge in [0.15, 0.2) is 12.4 Å². The fourth-order valence-electron chi connectivity index (χ4n) is 2.18. The van der Waals surface area contributed by atoms with Gasteiger partial charge in [-0.25, -0.2) is 9.48 Å². The second-order valence-corrected chi connectivity index (χ2v) is 6.54. The monoisotopic (exact) mass is 314 g/mol. The second kappa shape index (κ2) is 6.36. The number of benzene rings is 1. The van der Waals surface area contributed by atoms with Crippen LogP contribution in [0.1, 0.15) is 42.5 Å². The topological polar surface area (TPSA) is 61.2 Å². The number of esters is 1. The van der Waals surface area contributed by atoms with E-state index in [0.717, 1.165) is 5.69 Å². The van der Waals surface area contributed by atoms with Gasteiger partial charge in [0, 0.05) is 5.41 Å². The Morgan fingerprint density at radius 3 is 2.30 bits per heavy atom. The maximum absolute atomic E-state index is 12.3. The van der Waals surface area contributed by atoms with Crippen molar-refractivity contribution in [3.8, 4) is 5.69 Å². The van der Waals surface area contributed by atoms with Gasteiger partial charge in [-0.15, -0.1) is 0 Å². The first-order valence-electron chi connectivity index (χ1n) is 7.54. The smallest absolute Gasteiger partial charge is 0.342 e. The van der Waals surface area contributed by atoms with Gasteiger partial charge in [0.05, 0.1) is 17.1 Å². The van der Waals surface area contributed by atoms with Crippen LogP contribution in [-0.4, -0.2) is 28.1 Å². The Hall–Kier alpha value is -2.43. The molecule has 23 heavy (non-hydrogen) atoms. The van der Waals surface area contributed by atoms with E-state index in [1.165, 1.54) is 0 Å². The van der Waals surface area contributed by atoms with Crippen LogP contribution in [0.4, 0.5) is 0 Å². The van der Waals surface area contributed by atoms with Crippen LogP contribution in [0, 0.1) is 19.3 Å². The maximum Gasteiger partial charge on any atom is 0.342 e. The summed E-state index contributed by atoms with van der Waals surface area (Å²) in [6.07, 6.45) is 0. The van der Waals surface area contributed by atoms with Crippen molar-refractivity contribution in [2.75, 3.05) is 6.61 Å². The highest BCUT2D eigenvalue weighted by molar-refractivity contribution is 5.94. The number of aromatic nitrogens is 2. The molecule has 0 unspecified atom stereocenters. The zero-order valence-corrected chi connectivity index (χ0v) is 14.2. The molecule has 1 heterocycles. The minimum absolute atomic E-state index is 0.114. The maximum atomic E-state index is 12.3. The van der Waals surface area contributed by atoms with Crippen LogP contribution in [-0.2, 0) is 9.53 Å². The molecule has 0 saturated heterocycles. The molecule has 1 aromatic heterocycles. The second-order valence-electron chi connectivity index (χ2n) is 6.54. The number of carbonyl (C=O) groups is 2. The van der Waals surface area contributed by atoms with E-state index in [2.05, 4.69) is 5.10 Å². The molecule has 2 rings (SSSR count). The first-order valence-corrected chi connectivity index (χ1v) is 7.54. The van der Waals surface area contributed by atoms with E-state index < -0.39 is 11.4 Å². The summed E-state index contributed by atoms with van der Waals surface area (Å²) >= 11 is 0. The standard InChI is InChI=1S/C18H22N2O3/c1-12-16(17(22)23-11-15(21)18(3,4)5)13(2)20(19-12)14-9-7-6-8-10-14/h6-10H,11H2,1-5H3. The summed E-state index contributed by atoms with van der Waals surface area (Å²) in [5.74, 6) is -0.628. The van der Waals surface area contributed by atoms with Gasteiger partial charge < -0.3 is 4.74 Å². The van der Waals surface area contributed by atoms with Crippen molar-refractivity contribution < 1.29 is 14.3 Å². The van der Waals surface area contributed by atoms with Crippen LogP contribution in [0.15, 0.2) is 30.3 Å². The zero-order chi connectivity index (χ0) is 17.2. The average Bonchev–Trinajstić information content (AvgIpc) is 2.79. The molecule has 2 aromatic rings. The molecule has 5 heteroatoms. The lowest BCUT2D eigenvalue weighted by Gasteiger charge is -2.16. The van der Waals surface area contributed by atoms with Crippen LogP contribution in [0.5, 0.6) is 0 Å². The van der Waals surface area contributed by atoms with Crippen molar-refractivity contribution in [3.63, 3.8) is 0 Å². The molecule has 0 N–H and O–H groups in total. The molecule has 0 bridgehead atoms. The van der Waals surface area contributed by atoms with E-state index in [4.69, 9.17) is 4.74 Å². The first-order chi connectivity index (χ1) is 10.7. The van der Waals surface area contributed by atoms with E-state index in [-0.39, 0.29) is 12.4 Å². The zero-order valence-electron chi connectivity index (χ0n) is 14.2. The fraction of sp³-hybridized carbons (Fsp3) is 0.389. The number of carbonyl (C=O) groups excluding carboxylic acids is 2. The molecule has 0 aliphatic rings. The largest absolute Gasteiger partial charge is 0.454 e. The van der Waals surface area contributed by atoms with Gasteiger partial charge in [-0.1, -0.05) is 39.0 Å². The third kappa shape index (κ3) is 3.67. The Morgan fingerprint density at radius 2 is 1.74 bits per heavy atom. The number of aryl methyl sites for hydroxylation is 1. The predicted molar refractivity (Wildman–Crippen MR) is 87.8 cm³/mol. The average molecular weight is 314 g/mol. The predicted octanol–water partition coefficient (Wildman–Crippen LogP) is 3.26. The molecule has 0 amide bonds. The summed E-state index contributed by atoms with van der Waals surface area (Å²) in [4.78, 5) is 24.2. The Kier molecular flexibility index (Phi) is 4.68. The van der Waals surface area contributed by atoms with E-state index in [0.29, 0.717) is 17.0 Å². The highest BCUT2D eigenvalue weighted by Crippen LogP contribution is 2.20. The highest BCUT2D eigenvalue weighted by atomic mass is 16.5. The van der Waals surface area contributed by atoms with Crippen LogP contribution >= 0.6 is 0 Å². The number of para-hydroxylation sites is 1. The van der Waals surface area contributed by atoms with Crippen molar-refractivity contribution in [1.82, 2.24) is 9.78 Å². The molecular weight excluding hydrogens is 292 g/mol. The Bertz CT molecular complexity index is 725. The summed E-state index contributed by atoms with van der Waals surface area (Å²) in [5.41, 5.74) is 2.04. The SMILES string of the molecule is Cc1nn(-c2ccccc2)c(C)c1C(=O)OCC(=O)C(C)(C)C. The van der Waals surface area contributed by atoms with Crippen molar-refractivity contribution in [2.45, 2.75) is 34.6 Å². The van der Waals surface area contributed by atoms with Gasteiger partial charge in [-0.05, 0) is 26.0 Å². The summed E-state index contributed by atoms with van der Waals surface area (Å²) in [6, 6.07) is 9.56. The molecule has 0 aliphatic carbocycles. The molecule has 0 spiro atoms. The molecular formula is C18H22N2O3. The lowest BCUT2D eigenvalue weighted by atomic mass is 9.91. The number of hydrogen-bond acceptors (Lipinski definition) is 4. The van der Waals surface area contributed by atoms with Crippen molar-refractivity contribution in [2.24, 2.45) is 5.41 Å². The molecule has 0 aliphatic heterocycles. The third-order valence-corrected chi connectivity index (χ3v) is 3.67. The number of Topliss-reactive ketones (excluding diaryl/α,β-unsaturated/α-hetero) is 1. The van der Waals surface area contributed by atoms with Crippen molar-refractivity contribution >= 4 is 11.8 Å². The molecule has 1 aromatic carbocycles. The van der Waals surface area contributed by atoms with E-state index in [9.17, 15) is 9.59 Å². The summed E-state index contributed by atoms with van der Waals surface area (Å²) < 4.78 is 6.89. The van der Waals surface area contributed by atoms with Gasteiger partial charge in [-0.2, -0.15) is 5.10 Å². The van der Waals surface area contributed by atoms with Gasteiger partial charge in [-0.3, -0.25) is 4.79 Å². The molecule has 0 fully saturated rings. The number of ketones is 1. The lowest BCUT2D eigenvalue weighted by Crippen LogP contribution is -2.26. The van der Waals surface area contributed by atoms with E-state index >= 15 is 0 Å². The first kappa shape index (κ1) is 16.9. The highest BCUT2D eigenvalue weighted by Gasteiger charge is 2.25. The van der Waals surface area contributed by atoms with Gasteiger partial charge in [0.1, 0.15) is 5.56 Å². The van der Waals surface area contributed by atoms with E-state index in [1.807, 2.05) is 37.3 Å². The molecule has 122 valence electrons. The fourth-order valence-corrected chi connectivity index (χ4v) is 2.18. The van der Waals surface area contributed by atoms with E-state index in [1.54, 1.807) is 32.4 Å². The van der Waals surface area contributed by atoms with Gasteiger partial charge >= 0.3 is 5.97 Å². The van der Waals surface area contributed by atoms with Crippen molar-refractivity contribution in [1.29, 1.82) is 0 Å². The minimum Gasteiger partial charge on any atom is -0.454 e. The quantitative estimate of drug-likeness (QED) is 0.813. The number of rotatable bonds is 4. The van der Waals surface area contributed by atoms with Crippen LogP contribution in [0.2, 0.25) is 0 Å². The Balaban J connectivity index is 2.22. The van der Waals surface area contributed by atoms with Crippen LogP contribution < -0.4 is 0 Å². The number of nitrogens with zero attached hydrogens (tertiary/aromatic N) is 2.